The van der Waals surface area contributed by atoms with Crippen LogP contribution >= 0.6 is 0 Å². The van der Waals surface area contributed by atoms with Gasteiger partial charge in [0.1, 0.15) is 11.6 Å². The summed E-state index contributed by atoms with van der Waals surface area (Å²) in [6, 6.07) is 41.8. The molecule has 0 bridgehead atoms. The normalized spacial score (nSPS) is 15.8. The van der Waals surface area contributed by atoms with Crippen molar-refractivity contribution in [2.75, 3.05) is 0 Å². The first-order valence-corrected chi connectivity index (χ1v) is 23.0. The van der Waals surface area contributed by atoms with Crippen LogP contribution in [0, 0.1) is 0 Å². The molecule has 68 heavy (non-hydrogen) atoms. The van der Waals surface area contributed by atoms with Crippen LogP contribution in [-0.2, 0) is 21.7 Å². The van der Waals surface area contributed by atoms with Crippen molar-refractivity contribution in [3.8, 4) is 78.6 Å². The molecule has 0 spiro atoms. The fourth-order valence-electron chi connectivity index (χ4n) is 8.75. The van der Waals surface area contributed by atoms with Crippen molar-refractivity contribution in [1.29, 1.82) is 0 Å². The minimum atomic E-state index is -3.82. The SMILES string of the molecule is [2H]c1c([2H])c(C(C([2H])([2H])[2H])(C([2H])([2H])[2H])C([2H])([2H])[2H])c([2H])c([2H])c1-c1ccnc(-c2cc(-c3ccccc3)cc(-c3cccc4c3nc(-c3cc(C(C)(C)C)cc(C(C)(C)C)c3O)n4-c3ccccc3-c3ccc(C(C)(C)C)cc3)c2)c1. The highest BCUT2D eigenvalue weighted by Gasteiger charge is 2.29. The maximum Gasteiger partial charge on any atom is 0.149 e. The monoisotopic (exact) mass is 905 g/mol. The van der Waals surface area contributed by atoms with Gasteiger partial charge in [-0.05, 0) is 120 Å². The molecule has 0 atom stereocenters. The standard InChI is InChI=1S/C64H65N3O/c1-61(2,3)48-29-25-42(26-30-48)44-33-34-65-55(38-44)47-36-45(41-19-14-13-15-20-41)35-46(37-47)52-22-18-24-57-58(52)66-60(53-39-50(63(7,8)9)40-54(59(53)68)64(10,11)12)67(57)56-23-17-16-21-51(56)43-27-31-49(32-28-43)62(4,5)6/h13-40,68H,1-12H3/i1D3,2D3,3D3,25D,26D,29D,30D. The summed E-state index contributed by atoms with van der Waals surface area (Å²) in [7, 11) is 0. The average molecular weight is 905 g/mol. The Morgan fingerprint density at radius 2 is 1.12 bits per heavy atom. The van der Waals surface area contributed by atoms with Gasteiger partial charge in [0.05, 0.1) is 33.5 Å². The zero-order valence-corrected chi connectivity index (χ0v) is 40.1. The van der Waals surface area contributed by atoms with E-state index in [0.29, 0.717) is 28.2 Å². The van der Waals surface area contributed by atoms with Crippen LogP contribution in [0.1, 0.15) is 123 Å². The maximum absolute atomic E-state index is 12.6. The zero-order chi connectivity index (χ0) is 59.3. The average Bonchev–Trinajstić information content (AvgIpc) is 3.96. The van der Waals surface area contributed by atoms with E-state index in [1.807, 2.05) is 78.9 Å². The lowest BCUT2D eigenvalue weighted by molar-refractivity contribution is 0.446. The van der Waals surface area contributed by atoms with E-state index in [-0.39, 0.29) is 27.7 Å². The molecule has 0 aliphatic heterocycles. The van der Waals surface area contributed by atoms with E-state index in [9.17, 15) is 7.85 Å². The molecule has 0 saturated carbocycles. The number of phenolic OH excluding ortho intramolecular Hbond substituents is 1. The van der Waals surface area contributed by atoms with Gasteiger partial charge >= 0.3 is 0 Å². The van der Waals surface area contributed by atoms with Crippen molar-refractivity contribution in [1.82, 2.24) is 14.5 Å². The minimum Gasteiger partial charge on any atom is -0.507 e. The number of pyridine rings is 1. The molecular weight excluding hydrogens is 827 g/mol. The highest BCUT2D eigenvalue weighted by molar-refractivity contribution is 5.98. The summed E-state index contributed by atoms with van der Waals surface area (Å²) >= 11 is 0. The maximum atomic E-state index is 12.6. The summed E-state index contributed by atoms with van der Waals surface area (Å²) in [6.07, 6.45) is 1.43. The molecule has 342 valence electrons. The summed E-state index contributed by atoms with van der Waals surface area (Å²) in [5.74, 6) is 0.654. The molecule has 1 N–H and O–H groups in total. The van der Waals surface area contributed by atoms with Gasteiger partial charge in [0, 0.05) is 40.8 Å². The number of aromatic nitrogens is 3. The topological polar surface area (TPSA) is 50.9 Å². The van der Waals surface area contributed by atoms with Crippen LogP contribution in [-0.4, -0.2) is 19.6 Å². The Labute approximate surface area is 422 Å². The number of benzene rings is 7. The zero-order valence-electron chi connectivity index (χ0n) is 53.1. The molecule has 0 saturated heterocycles. The highest BCUT2D eigenvalue weighted by Crippen LogP contribution is 2.46. The van der Waals surface area contributed by atoms with E-state index in [4.69, 9.17) is 25.0 Å². The number of hydrogen-bond donors (Lipinski definition) is 1. The Morgan fingerprint density at radius 1 is 0.471 bits per heavy atom. The Balaban J connectivity index is 1.31. The molecule has 0 amide bonds. The first kappa shape index (κ1) is 32.6. The molecule has 0 aliphatic carbocycles. The van der Waals surface area contributed by atoms with Crippen molar-refractivity contribution in [3.05, 3.63) is 192 Å². The number of aromatic hydroxyl groups is 1. The number of hydrogen-bond acceptors (Lipinski definition) is 3. The van der Waals surface area contributed by atoms with Crippen molar-refractivity contribution in [2.45, 2.75) is 105 Å². The Hall–Kier alpha value is -7.04. The molecule has 0 unspecified atom stereocenters. The van der Waals surface area contributed by atoms with Gasteiger partial charge in [-0.1, -0.05) is 198 Å². The van der Waals surface area contributed by atoms with Crippen LogP contribution in [0.15, 0.2) is 170 Å². The van der Waals surface area contributed by atoms with Crippen LogP contribution < -0.4 is 0 Å². The second-order valence-corrected chi connectivity index (χ2v) is 20.8. The molecule has 4 heteroatoms. The van der Waals surface area contributed by atoms with E-state index < -0.39 is 61.1 Å². The van der Waals surface area contributed by atoms with Gasteiger partial charge in [-0.15, -0.1) is 0 Å². The van der Waals surface area contributed by atoms with E-state index in [0.717, 1.165) is 55.7 Å². The minimum absolute atomic E-state index is 0.0613. The van der Waals surface area contributed by atoms with Gasteiger partial charge in [0.25, 0.3) is 0 Å². The second-order valence-electron chi connectivity index (χ2n) is 20.8. The first-order valence-electron chi connectivity index (χ1n) is 29.5. The van der Waals surface area contributed by atoms with Crippen molar-refractivity contribution < 1.29 is 22.9 Å². The van der Waals surface area contributed by atoms with Crippen molar-refractivity contribution in [2.24, 2.45) is 0 Å². The Bertz CT molecular complexity index is 3830. The summed E-state index contributed by atoms with van der Waals surface area (Å²) in [6.45, 7) is 7.83. The van der Waals surface area contributed by atoms with Gasteiger partial charge in [-0.3, -0.25) is 9.55 Å². The Morgan fingerprint density at radius 3 is 1.79 bits per heavy atom. The van der Waals surface area contributed by atoms with Gasteiger partial charge in [0.2, 0.25) is 0 Å². The number of para-hydroxylation sites is 2. The third-order valence-corrected chi connectivity index (χ3v) is 12.6. The molecule has 2 heterocycles. The molecule has 2 aromatic heterocycles. The van der Waals surface area contributed by atoms with Gasteiger partial charge in [-0.2, -0.15) is 0 Å². The molecule has 4 nitrogen and oxygen atoms in total. The van der Waals surface area contributed by atoms with Gasteiger partial charge in [-0.25, -0.2) is 4.98 Å². The molecule has 0 aliphatic rings. The fourth-order valence-corrected chi connectivity index (χ4v) is 8.75. The summed E-state index contributed by atoms with van der Waals surface area (Å²) in [5.41, 5.74) is 5.84. The number of fused-ring (bicyclic) bond motifs is 1. The van der Waals surface area contributed by atoms with Crippen molar-refractivity contribution >= 4 is 11.0 Å². The third kappa shape index (κ3) is 9.05. The molecule has 0 radical (unpaired) electrons. The van der Waals surface area contributed by atoms with Crippen LogP contribution in [0.3, 0.4) is 0 Å². The number of nitrogens with zero attached hydrogens (tertiary/aromatic N) is 3. The highest BCUT2D eigenvalue weighted by atomic mass is 16.3. The first-order chi connectivity index (χ1) is 37.6. The predicted molar refractivity (Wildman–Crippen MR) is 288 cm³/mol. The molecule has 9 aromatic rings. The molecular formula is C64H65N3O. The molecule has 0 fully saturated rings. The summed E-state index contributed by atoms with van der Waals surface area (Å²) in [4.78, 5) is 10.4. The largest absolute Gasteiger partial charge is 0.507 e. The van der Waals surface area contributed by atoms with E-state index >= 15 is 0 Å². The predicted octanol–water partition coefficient (Wildman–Crippen LogP) is 17.3. The second kappa shape index (κ2) is 17.2. The molecule has 7 aromatic carbocycles. The lowest BCUT2D eigenvalue weighted by atomic mass is 9.79. The smallest absolute Gasteiger partial charge is 0.149 e. The van der Waals surface area contributed by atoms with E-state index in [2.05, 4.69) is 115 Å². The number of rotatable bonds is 7. The summed E-state index contributed by atoms with van der Waals surface area (Å²) < 4.78 is 113. The van der Waals surface area contributed by atoms with Gasteiger partial charge < -0.3 is 5.11 Å². The molecule has 9 rings (SSSR count). The van der Waals surface area contributed by atoms with Crippen LogP contribution in [0.4, 0.5) is 0 Å². The third-order valence-electron chi connectivity index (χ3n) is 12.6. The fraction of sp³-hybridized carbons (Fsp3) is 0.250. The lowest BCUT2D eigenvalue weighted by Gasteiger charge is -2.27. The van der Waals surface area contributed by atoms with Crippen LogP contribution in [0.2, 0.25) is 0 Å². The quantitative estimate of drug-likeness (QED) is 0.173. The van der Waals surface area contributed by atoms with Crippen molar-refractivity contribution in [3.63, 3.8) is 0 Å². The van der Waals surface area contributed by atoms with Gasteiger partial charge in [0.15, 0.2) is 0 Å². The van der Waals surface area contributed by atoms with Crippen LogP contribution in [0.5, 0.6) is 5.75 Å². The number of phenols is 1. The van der Waals surface area contributed by atoms with E-state index in [1.54, 1.807) is 6.07 Å². The lowest BCUT2D eigenvalue weighted by Crippen LogP contribution is -2.17. The van der Waals surface area contributed by atoms with Crippen LogP contribution in [0.25, 0.3) is 83.9 Å². The Kier molecular flexibility index (Phi) is 8.27. The number of imidazole rings is 1. The summed E-state index contributed by atoms with van der Waals surface area (Å²) in [5, 5.41) is 12.6. The van der Waals surface area contributed by atoms with E-state index in [1.165, 1.54) is 17.8 Å².